The summed E-state index contributed by atoms with van der Waals surface area (Å²) in [5.41, 5.74) is -2.80. The molecule has 1 unspecified atom stereocenters. The maximum Gasteiger partial charge on any atom is 0.423 e. The monoisotopic (exact) mass is 695 g/mol. The van der Waals surface area contributed by atoms with Crippen molar-refractivity contribution in [2.75, 3.05) is 37.0 Å². The summed E-state index contributed by atoms with van der Waals surface area (Å²) < 4.78 is 98.6. The summed E-state index contributed by atoms with van der Waals surface area (Å²) in [7, 11) is 1.49. The molecule has 0 radical (unpaired) electrons. The molecule has 5 rings (SSSR count). The number of hydrogen-bond acceptors (Lipinski definition) is 10. The third-order valence-corrected chi connectivity index (χ3v) is 8.09. The van der Waals surface area contributed by atoms with E-state index < -0.39 is 40.8 Å². The smallest absolute Gasteiger partial charge is 0.423 e. The fraction of sp³-hybridized carbons (Fsp3) is 0.469. The van der Waals surface area contributed by atoms with Crippen molar-refractivity contribution in [3.63, 3.8) is 0 Å². The molecular weight excluding hydrogens is 660 g/mol. The Kier molecular flexibility index (Phi) is 10.8. The molecule has 1 aromatic carbocycles. The van der Waals surface area contributed by atoms with Gasteiger partial charge in [-0.05, 0) is 55.5 Å². The van der Waals surface area contributed by atoms with E-state index >= 15 is 0 Å². The molecule has 17 heteroatoms. The normalized spacial score (nSPS) is 15.0. The van der Waals surface area contributed by atoms with E-state index in [4.69, 9.17) is 13.9 Å². The summed E-state index contributed by atoms with van der Waals surface area (Å²) >= 11 is 0. The third kappa shape index (κ3) is 8.68. The van der Waals surface area contributed by atoms with Gasteiger partial charge in [-0.1, -0.05) is 19.1 Å². The number of nitrogens with zero attached hydrogens (tertiary/aromatic N) is 6. The number of hydrogen-bond donors (Lipinski definition) is 1. The average molecular weight is 696 g/mol. The Bertz CT molecular complexity index is 1770. The molecule has 0 aliphatic carbocycles. The lowest BCUT2D eigenvalue weighted by molar-refractivity contribution is -0.139. The van der Waals surface area contributed by atoms with Crippen LogP contribution in [0.3, 0.4) is 0 Å². The number of aromatic nitrogens is 5. The first-order valence-electron chi connectivity index (χ1n) is 15.5. The van der Waals surface area contributed by atoms with E-state index in [-0.39, 0.29) is 31.6 Å². The van der Waals surface area contributed by atoms with Gasteiger partial charge < -0.3 is 24.1 Å². The fourth-order valence-electron chi connectivity index (χ4n) is 5.55. The van der Waals surface area contributed by atoms with Crippen molar-refractivity contribution in [2.45, 2.75) is 70.6 Å². The second kappa shape index (κ2) is 14.8. The van der Waals surface area contributed by atoms with Crippen molar-refractivity contribution in [1.82, 2.24) is 25.0 Å². The van der Waals surface area contributed by atoms with Gasteiger partial charge >= 0.3 is 12.4 Å². The predicted octanol–water partition coefficient (Wildman–Crippen LogP) is 6.08. The van der Waals surface area contributed by atoms with Crippen molar-refractivity contribution in [3.8, 4) is 5.75 Å². The highest BCUT2D eigenvalue weighted by Crippen LogP contribution is 2.35. The van der Waals surface area contributed by atoms with E-state index in [1.54, 1.807) is 38.1 Å². The van der Waals surface area contributed by atoms with Crippen LogP contribution in [0.4, 0.5) is 37.8 Å². The van der Waals surface area contributed by atoms with Gasteiger partial charge in [-0.15, -0.1) is 10.2 Å². The Balaban J connectivity index is 1.14. The molecule has 1 fully saturated rings. The Morgan fingerprint density at radius 3 is 2.39 bits per heavy atom. The van der Waals surface area contributed by atoms with Crippen LogP contribution in [0.1, 0.15) is 66.6 Å². The molecule has 11 nitrogen and oxygen atoms in total. The number of anilines is 2. The highest BCUT2D eigenvalue weighted by Gasteiger charge is 2.38. The molecule has 0 saturated carbocycles. The van der Waals surface area contributed by atoms with Gasteiger partial charge in [-0.3, -0.25) is 4.79 Å². The topological polar surface area (TPSA) is 120 Å². The maximum absolute atomic E-state index is 14.0. The zero-order valence-corrected chi connectivity index (χ0v) is 26.9. The molecule has 1 N–H and O–H groups in total. The fourth-order valence-corrected chi connectivity index (χ4v) is 5.55. The molecule has 1 aliphatic rings. The van der Waals surface area contributed by atoms with E-state index in [1.165, 1.54) is 7.11 Å². The van der Waals surface area contributed by atoms with Crippen molar-refractivity contribution < 1.29 is 40.2 Å². The van der Waals surface area contributed by atoms with Gasteiger partial charge in [-0.2, -0.15) is 31.4 Å². The van der Waals surface area contributed by atoms with Crippen molar-refractivity contribution in [3.05, 3.63) is 87.1 Å². The van der Waals surface area contributed by atoms with Crippen LogP contribution < -0.4 is 20.5 Å². The number of alkyl halides is 6. The first-order chi connectivity index (χ1) is 23.3. The highest BCUT2D eigenvalue weighted by molar-refractivity contribution is 5.51. The molecule has 0 bridgehead atoms. The molecule has 0 amide bonds. The lowest BCUT2D eigenvalue weighted by Crippen LogP contribution is -2.34. The number of pyridine rings is 1. The number of rotatable bonds is 12. The summed E-state index contributed by atoms with van der Waals surface area (Å²) in [5, 5.41) is 14.8. The van der Waals surface area contributed by atoms with Crippen LogP contribution in [0.5, 0.6) is 5.75 Å². The van der Waals surface area contributed by atoms with Crippen LogP contribution in [0.2, 0.25) is 0 Å². The van der Waals surface area contributed by atoms with E-state index in [2.05, 4.69) is 25.6 Å². The van der Waals surface area contributed by atoms with Crippen LogP contribution in [0.25, 0.3) is 0 Å². The SMILES string of the molecule is CCc1cc(C(F)(F)F)cnc1N1CCC(c2nnc(COCC(C)Nc3cnn(Cc4ccc(OC)cc4)c(=O)c3C(F)(F)F)o2)CC1. The molecule has 0 spiro atoms. The Morgan fingerprint density at radius 1 is 1.04 bits per heavy atom. The van der Waals surface area contributed by atoms with E-state index in [1.807, 2.05) is 4.90 Å². The molecule has 1 aliphatic heterocycles. The van der Waals surface area contributed by atoms with E-state index in [9.17, 15) is 31.1 Å². The molecule has 4 aromatic rings. The van der Waals surface area contributed by atoms with E-state index in [0.717, 1.165) is 23.1 Å². The second-order valence-electron chi connectivity index (χ2n) is 11.7. The minimum absolute atomic E-state index is 0.0534. The molecule has 4 heterocycles. The second-order valence-corrected chi connectivity index (χ2v) is 11.7. The highest BCUT2D eigenvalue weighted by atomic mass is 19.4. The van der Waals surface area contributed by atoms with Gasteiger partial charge in [0.2, 0.25) is 11.8 Å². The Morgan fingerprint density at radius 2 is 1.76 bits per heavy atom. The van der Waals surface area contributed by atoms with Gasteiger partial charge in [0.05, 0.1) is 37.7 Å². The summed E-state index contributed by atoms with van der Waals surface area (Å²) in [5.74, 6) is 1.61. The Hall–Kier alpha value is -4.67. The van der Waals surface area contributed by atoms with Crippen molar-refractivity contribution >= 4 is 11.5 Å². The first-order valence-corrected chi connectivity index (χ1v) is 15.5. The first kappa shape index (κ1) is 35.6. The summed E-state index contributed by atoms with van der Waals surface area (Å²) in [6.45, 7) is 4.14. The van der Waals surface area contributed by atoms with Crippen LogP contribution in [-0.2, 0) is 36.7 Å². The average Bonchev–Trinajstić information content (AvgIpc) is 3.54. The molecule has 49 heavy (non-hydrogen) atoms. The van der Waals surface area contributed by atoms with Crippen LogP contribution in [0, 0.1) is 0 Å². The molecule has 1 saturated heterocycles. The summed E-state index contributed by atoms with van der Waals surface area (Å²) in [6.07, 6.45) is -5.94. The number of methoxy groups -OCH3 is 1. The number of piperidine rings is 1. The lowest BCUT2D eigenvalue weighted by Gasteiger charge is -2.32. The molecule has 264 valence electrons. The number of ether oxygens (including phenoxy) is 2. The minimum Gasteiger partial charge on any atom is -0.497 e. The van der Waals surface area contributed by atoms with E-state index in [0.29, 0.717) is 60.9 Å². The molecular formula is C32H35F6N7O4. The van der Waals surface area contributed by atoms with Gasteiger partial charge in [0.15, 0.2) is 0 Å². The van der Waals surface area contributed by atoms with Crippen molar-refractivity contribution in [2.24, 2.45) is 0 Å². The summed E-state index contributed by atoms with van der Waals surface area (Å²) in [6, 6.07) is 7.02. The van der Waals surface area contributed by atoms with Gasteiger partial charge in [-0.25, -0.2) is 9.67 Å². The largest absolute Gasteiger partial charge is 0.497 e. The predicted molar refractivity (Wildman–Crippen MR) is 165 cm³/mol. The quantitative estimate of drug-likeness (QED) is 0.175. The third-order valence-electron chi connectivity index (χ3n) is 8.09. The van der Waals surface area contributed by atoms with Gasteiger partial charge in [0.1, 0.15) is 23.7 Å². The summed E-state index contributed by atoms with van der Waals surface area (Å²) in [4.78, 5) is 18.9. The van der Waals surface area contributed by atoms with Crippen molar-refractivity contribution in [1.29, 1.82) is 0 Å². The maximum atomic E-state index is 14.0. The number of aryl methyl sites for hydroxylation is 1. The minimum atomic E-state index is -4.94. The number of halogens is 6. The number of benzene rings is 1. The van der Waals surface area contributed by atoms with Crippen LogP contribution in [0.15, 0.2) is 51.9 Å². The van der Waals surface area contributed by atoms with Gasteiger partial charge in [0, 0.05) is 31.2 Å². The molecule has 3 aromatic heterocycles. The zero-order chi connectivity index (χ0) is 35.3. The lowest BCUT2D eigenvalue weighted by atomic mass is 9.96. The number of nitrogens with one attached hydrogen (secondary N) is 1. The Labute approximate surface area is 277 Å². The van der Waals surface area contributed by atoms with Crippen LogP contribution in [-0.4, -0.2) is 57.8 Å². The van der Waals surface area contributed by atoms with Crippen LogP contribution >= 0.6 is 0 Å². The zero-order valence-electron chi connectivity index (χ0n) is 26.9. The molecule has 1 atom stereocenters. The standard InChI is InChI=1S/C32H35F6N7O4/c1-4-21-13-23(31(33,34)35)14-39-28(21)44-11-9-22(10-12-44)29-43-42-26(49-29)18-48-17-19(2)41-25-15-40-45(30(46)27(25)32(36,37)38)16-20-5-7-24(47-3)8-6-20/h5-8,13-15,19,22,41H,4,9-12,16-18H2,1-3H3. The van der Waals surface area contributed by atoms with Gasteiger partial charge in [0.25, 0.3) is 5.56 Å².